The molecule has 0 saturated heterocycles. The van der Waals surface area contributed by atoms with Gasteiger partial charge in [-0.2, -0.15) is 0 Å². The average molecular weight is 74.1 g/mol. The van der Waals surface area contributed by atoms with Gasteiger partial charge in [-0.3, -0.25) is 11.7 Å². The summed E-state index contributed by atoms with van der Waals surface area (Å²) in [6.45, 7) is 0. The Hall–Kier alpha value is -0.700. The first-order valence-corrected chi connectivity index (χ1v) is 0.833. The molecule has 0 amide bonds. The van der Waals surface area contributed by atoms with Gasteiger partial charge in [-0.25, -0.2) is 10.8 Å². The van der Waals surface area contributed by atoms with Crippen LogP contribution in [0.5, 0.6) is 0 Å². The van der Waals surface area contributed by atoms with E-state index in [0.717, 1.165) is 0 Å². The fourth-order valence-electron chi connectivity index (χ4n) is 0. The summed E-state index contributed by atoms with van der Waals surface area (Å²) < 4.78 is 0. The van der Waals surface area contributed by atoms with Crippen LogP contribution in [-0.2, 0) is 0 Å². The van der Waals surface area contributed by atoms with E-state index in [1.165, 1.54) is 6.01 Å². The Morgan fingerprint density at radius 3 is 1.20 bits per heavy atom. The molecule has 0 aliphatic carbocycles. The number of rotatable bonds is 0. The van der Waals surface area contributed by atoms with Gasteiger partial charge in [-0.15, -0.1) is 0 Å². The highest BCUT2D eigenvalue weighted by Gasteiger charge is 0.934. The monoisotopic (exact) mass is 74.1 g/mol. The van der Waals surface area contributed by atoms with Gasteiger partial charge in [0, 0.05) is 0 Å². The van der Waals surface area contributed by atoms with Gasteiger partial charge >= 0.3 is 0 Å². The zero-order chi connectivity index (χ0) is 4.71. The Morgan fingerprint density at radius 2 is 1.20 bits per heavy atom. The van der Waals surface area contributed by atoms with E-state index in [4.69, 9.17) is 10.8 Å². The molecule has 0 bridgehead atoms. The highest BCUT2D eigenvalue weighted by Crippen LogP contribution is 0.920. The highest BCUT2D eigenvalue weighted by molar-refractivity contribution is 5.29. The number of hydrogen-bond donors (Lipinski definition) is 4. The number of nitrogens with one attached hydrogen (secondary N) is 2. The van der Waals surface area contributed by atoms with E-state index in [2.05, 4.69) is 11.7 Å². The fraction of sp³-hybridized carbons (Fsp3) is 0. The topological polar surface area (TPSA) is 99.7 Å². The van der Waals surface area contributed by atoms with Gasteiger partial charge in [-0.05, 0) is 0 Å². The highest BCUT2D eigenvalue weighted by atomic mass is 15.0. The fourth-order valence-corrected chi connectivity index (χ4v) is 0. The summed E-state index contributed by atoms with van der Waals surface area (Å²) >= 11 is 0. The molecule has 4 nitrogen and oxygen atoms in total. The van der Waals surface area contributed by atoms with E-state index in [1.807, 2.05) is 0 Å². The van der Waals surface area contributed by atoms with Crippen LogP contribution in [0.2, 0.25) is 0 Å². The van der Waals surface area contributed by atoms with Crippen LogP contribution in [0.15, 0.2) is 0 Å². The van der Waals surface area contributed by atoms with Gasteiger partial charge in [0.1, 0.15) is 0 Å². The summed E-state index contributed by atoms with van der Waals surface area (Å²) in [6.07, 6.45) is 0. The minimum Gasteiger partial charge on any atom is -0.274 e. The van der Waals surface area contributed by atoms with E-state index in [0.29, 0.717) is 0 Å². The zero-order valence-electron chi connectivity index (χ0n) is 2.65. The standard InChI is InChI=1S/CH2N2.H4N2/c2-1-3;1-2/h2-3H;1-2H2. The summed E-state index contributed by atoms with van der Waals surface area (Å²) in [4.78, 5) is 0. The molecule has 0 unspecified atom stereocenters. The van der Waals surface area contributed by atoms with Crippen molar-refractivity contribution >= 4 is 6.01 Å². The second-order valence-corrected chi connectivity index (χ2v) is 0.125. The Labute approximate surface area is 29.8 Å². The molecule has 0 spiro atoms. The Morgan fingerprint density at radius 1 is 1.20 bits per heavy atom. The molecule has 0 aromatic rings. The quantitative estimate of drug-likeness (QED) is 0.171. The smallest absolute Gasteiger partial charge is 0.0831 e. The van der Waals surface area contributed by atoms with Gasteiger partial charge in [0.15, 0.2) is 0 Å². The molecule has 0 aliphatic heterocycles. The van der Waals surface area contributed by atoms with Crippen LogP contribution < -0.4 is 11.7 Å². The number of nitrogens with two attached hydrogens (primary N) is 2. The molecule has 0 atom stereocenters. The molecule has 4 heteroatoms. The van der Waals surface area contributed by atoms with Crippen LogP contribution in [0.3, 0.4) is 0 Å². The Balaban J connectivity index is 0. The third-order valence-corrected chi connectivity index (χ3v) is 0. The molecule has 0 aromatic carbocycles. The predicted octanol–water partition coefficient (Wildman–Crippen LogP) is -0.863. The van der Waals surface area contributed by atoms with Crippen LogP contribution in [0.25, 0.3) is 0 Å². The maximum Gasteiger partial charge on any atom is 0.0831 e. The van der Waals surface area contributed by atoms with Gasteiger partial charge in [-0.1, -0.05) is 0 Å². The third kappa shape index (κ3) is 11.4. The van der Waals surface area contributed by atoms with Gasteiger partial charge in [0.2, 0.25) is 0 Å². The largest absolute Gasteiger partial charge is 0.274 e. The van der Waals surface area contributed by atoms with E-state index in [9.17, 15) is 0 Å². The summed E-state index contributed by atoms with van der Waals surface area (Å²) in [5.41, 5.74) is 0. The normalized spacial score (nSPS) is 2.80. The lowest BCUT2D eigenvalue weighted by molar-refractivity contribution is 1.26. The van der Waals surface area contributed by atoms with Crippen molar-refractivity contribution in [3.63, 3.8) is 0 Å². The van der Waals surface area contributed by atoms with Gasteiger partial charge in [0.05, 0.1) is 6.01 Å². The molecule has 0 heterocycles. The first kappa shape index (κ1) is 8.85. The SMILES string of the molecule is N=C=N.NN. The van der Waals surface area contributed by atoms with E-state index in [1.54, 1.807) is 0 Å². The maximum absolute atomic E-state index is 5.62. The molecule has 0 aliphatic rings. The lowest BCUT2D eigenvalue weighted by Crippen LogP contribution is -2.02. The van der Waals surface area contributed by atoms with Crippen LogP contribution in [0.1, 0.15) is 0 Å². The summed E-state index contributed by atoms with van der Waals surface area (Å²) in [5.74, 6) is 8.00. The van der Waals surface area contributed by atoms with E-state index < -0.39 is 0 Å². The third-order valence-electron chi connectivity index (χ3n) is 0. The molecule has 6 N–H and O–H groups in total. The number of hydrazine groups is 1. The number of hydrogen-bond acceptors (Lipinski definition) is 4. The van der Waals surface area contributed by atoms with Gasteiger partial charge < -0.3 is 0 Å². The van der Waals surface area contributed by atoms with Crippen molar-refractivity contribution in [1.82, 2.24) is 0 Å². The summed E-state index contributed by atoms with van der Waals surface area (Å²) in [6, 6.07) is 1.25. The molecule has 0 fully saturated rings. The van der Waals surface area contributed by atoms with Crippen LogP contribution in [-0.4, -0.2) is 6.01 Å². The van der Waals surface area contributed by atoms with E-state index >= 15 is 0 Å². The molecule has 30 valence electrons. The molecule has 0 rings (SSSR count). The van der Waals surface area contributed by atoms with Crippen molar-refractivity contribution in [2.45, 2.75) is 0 Å². The lowest BCUT2D eigenvalue weighted by atomic mass is 11.6. The Kier molecular flexibility index (Phi) is 343. The lowest BCUT2D eigenvalue weighted by Gasteiger charge is -1.27. The average Bonchev–Trinajstić information content (AvgIpc) is 1.46. The van der Waals surface area contributed by atoms with Crippen LogP contribution >= 0.6 is 0 Å². The van der Waals surface area contributed by atoms with Crippen molar-refractivity contribution in [3.8, 4) is 0 Å². The molecule has 0 radical (unpaired) electrons. The van der Waals surface area contributed by atoms with Crippen molar-refractivity contribution < 1.29 is 0 Å². The van der Waals surface area contributed by atoms with Crippen molar-refractivity contribution in [2.24, 2.45) is 11.7 Å². The first-order valence-electron chi connectivity index (χ1n) is 0.833. The van der Waals surface area contributed by atoms with Crippen molar-refractivity contribution in [1.29, 1.82) is 10.8 Å². The zero-order valence-corrected chi connectivity index (χ0v) is 2.65. The van der Waals surface area contributed by atoms with E-state index in [-0.39, 0.29) is 0 Å². The minimum atomic E-state index is 1.25. The molecular weight excluding hydrogens is 68.0 g/mol. The summed E-state index contributed by atoms with van der Waals surface area (Å²) in [5, 5.41) is 11.2. The maximum atomic E-state index is 5.62. The molecule has 0 saturated carbocycles. The first-order chi connectivity index (χ1) is 2.41. The summed E-state index contributed by atoms with van der Waals surface area (Å²) in [7, 11) is 0. The molecular formula is CH6N4. The predicted molar refractivity (Wildman–Crippen MR) is 18.8 cm³/mol. The van der Waals surface area contributed by atoms with Crippen molar-refractivity contribution in [2.75, 3.05) is 0 Å². The molecule has 0 aromatic heterocycles. The minimum absolute atomic E-state index is 1.25. The second kappa shape index (κ2) is 194. The van der Waals surface area contributed by atoms with Crippen LogP contribution in [0, 0.1) is 10.8 Å². The molecule has 5 heavy (non-hydrogen) atoms. The second-order valence-electron chi connectivity index (χ2n) is 0.125. The Bertz CT molecular complexity index is 24.6. The van der Waals surface area contributed by atoms with Gasteiger partial charge in [0.25, 0.3) is 0 Å². The van der Waals surface area contributed by atoms with Crippen LogP contribution in [0.4, 0.5) is 0 Å². The van der Waals surface area contributed by atoms with Crippen molar-refractivity contribution in [3.05, 3.63) is 0 Å².